The normalized spacial score (nSPS) is 26.5. The number of hydrogen-bond acceptors (Lipinski definition) is 15. The number of hydrogen-bond donors (Lipinski definition) is 7. The molecule has 2 saturated heterocycles. The van der Waals surface area contributed by atoms with Gasteiger partial charge in [-0.05, 0) is 12.8 Å². The fourth-order valence-electron chi connectivity index (χ4n) is 8.34. The van der Waals surface area contributed by atoms with E-state index in [0.29, 0.717) is 12.8 Å². The molecule has 11 atom stereocenters. The lowest BCUT2D eigenvalue weighted by molar-refractivity contribution is -0.332. The van der Waals surface area contributed by atoms with Crippen LogP contribution in [-0.2, 0) is 38.0 Å². The third kappa shape index (κ3) is 25.6. The smallest absolute Gasteiger partial charge is 0.306 e. The maximum Gasteiger partial charge on any atom is 0.306 e. The highest BCUT2D eigenvalue weighted by Gasteiger charge is 2.47. The number of rotatable bonds is 40. The second-order valence-corrected chi connectivity index (χ2v) is 18.4. The molecule has 15 heteroatoms. The summed E-state index contributed by atoms with van der Waals surface area (Å²) in [6.07, 6.45) is 17.0. The number of carbonyl (C=O) groups is 2. The maximum atomic E-state index is 13.0. The van der Waals surface area contributed by atoms with Crippen molar-refractivity contribution in [3.63, 3.8) is 0 Å². The van der Waals surface area contributed by atoms with E-state index in [0.717, 1.165) is 38.5 Å². The van der Waals surface area contributed by atoms with E-state index in [1.807, 2.05) is 0 Å². The molecule has 2 heterocycles. The van der Waals surface area contributed by atoms with Crippen molar-refractivity contribution in [3.8, 4) is 0 Å². The molecule has 7 N–H and O–H groups in total. The summed E-state index contributed by atoms with van der Waals surface area (Å²) >= 11 is 0. The van der Waals surface area contributed by atoms with Gasteiger partial charge in [-0.3, -0.25) is 9.59 Å². The van der Waals surface area contributed by atoms with Crippen LogP contribution in [0, 0.1) is 0 Å². The van der Waals surface area contributed by atoms with Crippen LogP contribution in [0.15, 0.2) is 0 Å². The summed E-state index contributed by atoms with van der Waals surface area (Å²) in [6.45, 7) is 2.62. The van der Waals surface area contributed by atoms with Crippen LogP contribution < -0.4 is 0 Å². The highest BCUT2D eigenvalue weighted by molar-refractivity contribution is 5.70. The molecule has 0 aliphatic carbocycles. The maximum absolute atomic E-state index is 13.0. The first-order valence-corrected chi connectivity index (χ1v) is 25.6. The van der Waals surface area contributed by atoms with Crippen molar-refractivity contribution in [2.75, 3.05) is 26.4 Å². The minimum atomic E-state index is -1.76. The fourth-order valence-corrected chi connectivity index (χ4v) is 8.34. The van der Waals surface area contributed by atoms with Gasteiger partial charge in [0, 0.05) is 12.8 Å². The van der Waals surface area contributed by atoms with Crippen molar-refractivity contribution in [2.24, 2.45) is 0 Å². The molecule has 0 unspecified atom stereocenters. The Bertz CT molecular complexity index is 1130. The van der Waals surface area contributed by atoms with Gasteiger partial charge in [-0.25, -0.2) is 0 Å². The lowest BCUT2D eigenvalue weighted by Gasteiger charge is -2.42. The number of unbranched alkanes of at least 4 members (excludes halogenated alkanes) is 26. The van der Waals surface area contributed by atoms with E-state index in [9.17, 15) is 45.3 Å². The van der Waals surface area contributed by atoms with Gasteiger partial charge in [-0.15, -0.1) is 0 Å². The zero-order valence-electron chi connectivity index (χ0n) is 39.8. The van der Waals surface area contributed by atoms with Gasteiger partial charge in [0.2, 0.25) is 0 Å². The summed E-state index contributed by atoms with van der Waals surface area (Å²) in [4.78, 5) is 25.7. The summed E-state index contributed by atoms with van der Waals surface area (Å²) in [7, 11) is 0. The molecule has 2 fully saturated rings. The van der Waals surface area contributed by atoms with Crippen LogP contribution in [-0.4, -0.2) is 142 Å². The second kappa shape index (κ2) is 37.5. The highest BCUT2D eigenvalue weighted by atomic mass is 16.7. The van der Waals surface area contributed by atoms with E-state index in [1.54, 1.807) is 0 Å². The molecule has 64 heavy (non-hydrogen) atoms. The minimum absolute atomic E-state index is 0.173. The Morgan fingerprint density at radius 2 is 0.797 bits per heavy atom. The van der Waals surface area contributed by atoms with Crippen molar-refractivity contribution in [1.82, 2.24) is 0 Å². The van der Waals surface area contributed by atoms with E-state index in [2.05, 4.69) is 13.8 Å². The van der Waals surface area contributed by atoms with Gasteiger partial charge < -0.3 is 64.2 Å². The van der Waals surface area contributed by atoms with E-state index < -0.39 is 92.7 Å². The lowest BCUT2D eigenvalue weighted by atomic mass is 9.98. The van der Waals surface area contributed by atoms with Gasteiger partial charge in [0.1, 0.15) is 55.4 Å². The van der Waals surface area contributed by atoms with Crippen LogP contribution >= 0.6 is 0 Å². The average Bonchev–Trinajstić information content (AvgIpc) is 3.29. The van der Waals surface area contributed by atoms with Gasteiger partial charge in [0.25, 0.3) is 0 Å². The Kier molecular flexibility index (Phi) is 34.3. The van der Waals surface area contributed by atoms with Gasteiger partial charge in [0.15, 0.2) is 18.7 Å². The monoisotopic (exact) mass is 921 g/mol. The molecular formula is C49H92O15. The topological polar surface area (TPSA) is 231 Å². The Labute approximate surface area is 385 Å². The van der Waals surface area contributed by atoms with Gasteiger partial charge in [-0.1, -0.05) is 181 Å². The van der Waals surface area contributed by atoms with E-state index in [4.69, 9.17) is 28.4 Å². The first kappa shape index (κ1) is 58.6. The van der Waals surface area contributed by atoms with Crippen LogP contribution in [0.2, 0.25) is 0 Å². The van der Waals surface area contributed by atoms with Crippen LogP contribution in [0.1, 0.15) is 206 Å². The Hall–Kier alpha value is -1.50. The molecule has 0 radical (unpaired) electrons. The van der Waals surface area contributed by atoms with Crippen LogP contribution in [0.4, 0.5) is 0 Å². The second-order valence-electron chi connectivity index (χ2n) is 18.4. The molecule has 2 aliphatic heterocycles. The Morgan fingerprint density at radius 1 is 0.438 bits per heavy atom. The summed E-state index contributed by atoms with van der Waals surface area (Å²) in [5.41, 5.74) is 0. The molecule has 0 aromatic heterocycles. The summed E-state index contributed by atoms with van der Waals surface area (Å²) in [5, 5.41) is 72.0. The molecule has 2 aliphatic rings. The van der Waals surface area contributed by atoms with Crippen LogP contribution in [0.3, 0.4) is 0 Å². The minimum Gasteiger partial charge on any atom is -0.462 e. The van der Waals surface area contributed by atoms with Crippen molar-refractivity contribution in [3.05, 3.63) is 0 Å². The molecule has 0 saturated carbocycles. The van der Waals surface area contributed by atoms with Crippen LogP contribution in [0.25, 0.3) is 0 Å². The number of esters is 2. The zero-order chi connectivity index (χ0) is 46.8. The van der Waals surface area contributed by atoms with Crippen molar-refractivity contribution < 1.29 is 73.8 Å². The molecule has 0 spiro atoms. The number of aliphatic hydroxyl groups excluding tert-OH is 7. The first-order valence-electron chi connectivity index (χ1n) is 25.6. The molecular weight excluding hydrogens is 829 g/mol. The molecule has 0 aromatic rings. The molecule has 0 bridgehead atoms. The molecule has 378 valence electrons. The summed E-state index contributed by atoms with van der Waals surface area (Å²) in [5.74, 6) is -0.911. The lowest BCUT2D eigenvalue weighted by Crippen LogP contribution is -2.61. The van der Waals surface area contributed by atoms with Crippen molar-refractivity contribution in [2.45, 2.75) is 274 Å². The number of carbonyl (C=O) groups excluding carboxylic acids is 2. The average molecular weight is 921 g/mol. The Balaban J connectivity index is 1.81. The predicted octanol–water partition coefficient (Wildman–Crippen LogP) is 6.82. The van der Waals surface area contributed by atoms with Gasteiger partial charge in [0.05, 0.1) is 19.8 Å². The quantitative estimate of drug-likeness (QED) is 0.0247. The number of aliphatic hydroxyl groups is 7. The third-order valence-electron chi connectivity index (χ3n) is 12.6. The highest BCUT2D eigenvalue weighted by Crippen LogP contribution is 2.26. The van der Waals surface area contributed by atoms with Crippen LogP contribution in [0.5, 0.6) is 0 Å². The molecule has 2 rings (SSSR count). The fraction of sp³-hybridized carbons (Fsp3) is 0.959. The van der Waals surface area contributed by atoms with Crippen molar-refractivity contribution in [1.29, 1.82) is 0 Å². The summed E-state index contributed by atoms with van der Waals surface area (Å²) < 4.78 is 33.6. The Morgan fingerprint density at radius 3 is 1.22 bits per heavy atom. The van der Waals surface area contributed by atoms with Gasteiger partial charge in [-0.2, -0.15) is 0 Å². The summed E-state index contributed by atoms with van der Waals surface area (Å²) in [6, 6.07) is 0. The molecule has 0 amide bonds. The van der Waals surface area contributed by atoms with E-state index >= 15 is 0 Å². The first-order chi connectivity index (χ1) is 31.0. The largest absolute Gasteiger partial charge is 0.462 e. The SMILES string of the molecule is CCCCCCCCCCCCCCCCCC(=O)O[C@H](COC(=O)CCCCCCCCCCCCCCC)CO[C@@H]1O[C@H](CO[C@H]2O[C@H](CO)[C@H](O)[C@H](O)[C@H]2O)[C@H](O)[C@H](O)[C@H]1O. The standard InChI is InChI=1S/C49H92O15/c1-3-5-7-9-11-13-15-17-18-20-22-24-26-28-30-32-41(52)62-37(34-59-40(51)31-29-27-25-23-21-19-16-14-12-10-8-6-4-2)35-60-48-47(58)45(56)43(54)39(64-48)36-61-49-46(57)44(55)42(53)38(33-50)63-49/h37-39,42-50,53-58H,3-36H2,1-2H3/t37-,38-,39-,42+,43+,44+,45+,46-,47-,48-,49+/m1/s1. The van der Waals surface area contributed by atoms with Crippen molar-refractivity contribution >= 4 is 11.9 Å². The predicted molar refractivity (Wildman–Crippen MR) is 243 cm³/mol. The molecule has 15 nitrogen and oxygen atoms in total. The zero-order valence-corrected chi connectivity index (χ0v) is 39.8. The van der Waals surface area contributed by atoms with Gasteiger partial charge >= 0.3 is 11.9 Å². The number of ether oxygens (including phenoxy) is 6. The third-order valence-corrected chi connectivity index (χ3v) is 12.6. The van der Waals surface area contributed by atoms with E-state index in [1.165, 1.54) is 128 Å². The van der Waals surface area contributed by atoms with E-state index in [-0.39, 0.29) is 26.1 Å². The molecule has 0 aromatic carbocycles.